The number of likely N-dealkylation sites (tertiary alicyclic amines) is 1. The van der Waals surface area contributed by atoms with E-state index in [1.165, 1.54) is 51.6 Å². The van der Waals surface area contributed by atoms with Gasteiger partial charge in [0.15, 0.2) is 11.6 Å². The number of nitrogens with zero attached hydrogens (tertiary/aromatic N) is 3. The van der Waals surface area contributed by atoms with Crippen molar-refractivity contribution in [1.82, 2.24) is 20.2 Å². The lowest BCUT2D eigenvalue weighted by molar-refractivity contribution is 0.137. The minimum Gasteiger partial charge on any atom is -0.383 e. The van der Waals surface area contributed by atoms with Gasteiger partial charge in [-0.2, -0.15) is 0 Å². The van der Waals surface area contributed by atoms with E-state index in [4.69, 9.17) is 17.3 Å². The van der Waals surface area contributed by atoms with Crippen LogP contribution in [0, 0.1) is 11.8 Å². The molecule has 0 aromatic carbocycles. The Labute approximate surface area is 213 Å². The molecule has 6 nitrogen and oxygen atoms in total. The Hall–Kier alpha value is -1.39. The minimum atomic E-state index is -0.301. The van der Waals surface area contributed by atoms with E-state index in [0.29, 0.717) is 28.7 Å². The van der Waals surface area contributed by atoms with Gasteiger partial charge in [0.25, 0.3) is 0 Å². The fourth-order valence-electron chi connectivity index (χ4n) is 5.09. The number of rotatable bonds is 8. The summed E-state index contributed by atoms with van der Waals surface area (Å²) in [5, 5.41) is 4.55. The molecule has 33 heavy (non-hydrogen) atoms. The summed E-state index contributed by atoms with van der Waals surface area (Å²) in [4.78, 5) is 14.4. The van der Waals surface area contributed by atoms with E-state index in [0.717, 1.165) is 24.3 Å². The van der Waals surface area contributed by atoms with E-state index < -0.39 is 0 Å². The van der Waals surface area contributed by atoms with Crippen LogP contribution in [0.2, 0.25) is 5.02 Å². The van der Waals surface area contributed by atoms with Crippen LogP contribution in [0.5, 0.6) is 0 Å². The number of alkyl halides is 1. The first kappa shape index (κ1) is 24.7. The van der Waals surface area contributed by atoms with Gasteiger partial charge in [0, 0.05) is 43.0 Å². The number of nitrogens with two attached hydrogens (primary N) is 1. The van der Waals surface area contributed by atoms with Crippen LogP contribution in [-0.4, -0.2) is 51.3 Å². The molecule has 9 heteroatoms. The average Bonchev–Trinajstić information content (AvgIpc) is 3.25. The van der Waals surface area contributed by atoms with E-state index >= 15 is 0 Å². The van der Waals surface area contributed by atoms with Gasteiger partial charge < -0.3 is 20.9 Å². The maximum absolute atomic E-state index is 14.7. The van der Waals surface area contributed by atoms with Gasteiger partial charge in [-0.15, -0.1) is 0 Å². The first-order chi connectivity index (χ1) is 16.0. The Morgan fingerprint density at radius 2 is 2.06 bits per heavy atom. The monoisotopic (exact) mass is 586 g/mol. The van der Waals surface area contributed by atoms with E-state index in [9.17, 15) is 4.39 Å². The minimum absolute atomic E-state index is 0.218. The van der Waals surface area contributed by atoms with Gasteiger partial charge in [0.1, 0.15) is 11.5 Å². The standard InChI is InChI=1S/C24H33ClFIN6/c25-18-9-19-20(13-31-23(19)30-12-18)22(28)32-24(21(26)10-27)29-11-17-7-4-8-33(15-17)14-16-5-2-1-3-6-16/h9,12-13,16-17,29H,1-8,10-11,14-15H2,(H2,28,32)(H,30,31)/b24-21+/t17-/m0/s1. The van der Waals surface area contributed by atoms with Crippen molar-refractivity contribution in [3.05, 3.63) is 40.7 Å². The van der Waals surface area contributed by atoms with Crippen LogP contribution in [0.3, 0.4) is 0 Å². The number of hydrogen-bond acceptors (Lipinski definition) is 4. The molecule has 2 aliphatic rings. The highest BCUT2D eigenvalue weighted by molar-refractivity contribution is 14.1. The molecule has 4 N–H and O–H groups in total. The van der Waals surface area contributed by atoms with Crippen LogP contribution >= 0.6 is 34.2 Å². The summed E-state index contributed by atoms with van der Waals surface area (Å²) in [6, 6.07) is 1.78. The number of aliphatic imine (C=N–C) groups is 1. The molecule has 180 valence electrons. The summed E-state index contributed by atoms with van der Waals surface area (Å²) in [6.45, 7) is 4.15. The second-order valence-electron chi connectivity index (χ2n) is 9.29. The Bertz CT molecular complexity index is 1000. The van der Waals surface area contributed by atoms with Gasteiger partial charge in [-0.1, -0.05) is 53.5 Å². The van der Waals surface area contributed by atoms with Crippen LogP contribution in [-0.2, 0) is 0 Å². The Balaban J connectivity index is 1.41. The molecule has 1 aliphatic carbocycles. The predicted molar refractivity (Wildman–Crippen MR) is 143 cm³/mol. The summed E-state index contributed by atoms with van der Waals surface area (Å²) >= 11 is 8.11. The molecule has 1 atom stereocenters. The van der Waals surface area contributed by atoms with Crippen molar-refractivity contribution >= 4 is 51.1 Å². The summed E-state index contributed by atoms with van der Waals surface area (Å²) in [5.74, 6) is 1.48. The Kier molecular flexibility index (Phi) is 8.87. The number of nitrogens with one attached hydrogen (secondary N) is 2. The molecule has 2 fully saturated rings. The van der Waals surface area contributed by atoms with Crippen molar-refractivity contribution in [2.24, 2.45) is 22.6 Å². The number of aromatic amines is 1. The first-order valence-corrected chi connectivity index (χ1v) is 13.8. The van der Waals surface area contributed by atoms with Gasteiger partial charge in [0.05, 0.1) is 9.45 Å². The van der Waals surface area contributed by atoms with Crippen LogP contribution in [0.4, 0.5) is 4.39 Å². The van der Waals surface area contributed by atoms with E-state index in [2.05, 4.69) is 25.2 Å². The van der Waals surface area contributed by atoms with Gasteiger partial charge in [-0.3, -0.25) is 0 Å². The topological polar surface area (TPSA) is 82.3 Å². The molecule has 3 heterocycles. The molecule has 0 radical (unpaired) electrons. The van der Waals surface area contributed by atoms with Crippen molar-refractivity contribution in [3.8, 4) is 0 Å². The third kappa shape index (κ3) is 6.60. The lowest BCUT2D eigenvalue weighted by Gasteiger charge is -2.36. The fourth-order valence-corrected chi connectivity index (χ4v) is 5.61. The SMILES string of the molecule is N/C(=N\C(NC[C@@H]1CCCN(CC2CCCCC2)C1)=C(\F)CI)c1c[nH]c2ncc(Cl)cc12. The van der Waals surface area contributed by atoms with Gasteiger partial charge in [0.2, 0.25) is 0 Å². The molecule has 2 aromatic rings. The summed E-state index contributed by atoms with van der Waals surface area (Å²) < 4.78 is 14.9. The second-order valence-corrected chi connectivity index (χ2v) is 10.5. The van der Waals surface area contributed by atoms with Crippen molar-refractivity contribution in [2.75, 3.05) is 30.6 Å². The van der Waals surface area contributed by atoms with E-state index in [-0.39, 0.29) is 21.9 Å². The zero-order valence-electron chi connectivity index (χ0n) is 18.9. The highest BCUT2D eigenvalue weighted by atomic mass is 127. The van der Waals surface area contributed by atoms with Crippen molar-refractivity contribution in [3.63, 3.8) is 0 Å². The summed E-state index contributed by atoms with van der Waals surface area (Å²) in [5.41, 5.74) is 7.62. The second kappa shape index (κ2) is 11.8. The highest BCUT2D eigenvalue weighted by Gasteiger charge is 2.24. The average molecular weight is 587 g/mol. The summed E-state index contributed by atoms with van der Waals surface area (Å²) in [6.07, 6.45) is 12.5. The lowest BCUT2D eigenvalue weighted by Crippen LogP contribution is -2.42. The molecular weight excluding hydrogens is 554 g/mol. The normalized spacial score (nSPS) is 21.9. The van der Waals surface area contributed by atoms with Crippen LogP contribution in [0.1, 0.15) is 50.5 Å². The number of amidine groups is 1. The third-order valence-electron chi connectivity index (χ3n) is 6.78. The molecule has 1 saturated carbocycles. The quantitative estimate of drug-likeness (QED) is 0.168. The van der Waals surface area contributed by atoms with Crippen molar-refractivity contribution in [1.29, 1.82) is 0 Å². The Morgan fingerprint density at radius 1 is 1.27 bits per heavy atom. The van der Waals surface area contributed by atoms with Crippen molar-refractivity contribution in [2.45, 2.75) is 44.9 Å². The molecule has 0 amide bonds. The number of piperidine rings is 1. The molecule has 0 bridgehead atoms. The predicted octanol–water partition coefficient (Wildman–Crippen LogP) is 5.38. The van der Waals surface area contributed by atoms with Crippen LogP contribution in [0.15, 0.2) is 35.1 Å². The number of pyridine rings is 1. The molecule has 0 spiro atoms. The maximum atomic E-state index is 14.7. The Morgan fingerprint density at radius 3 is 2.85 bits per heavy atom. The van der Waals surface area contributed by atoms with E-state index in [1.807, 2.05) is 22.6 Å². The van der Waals surface area contributed by atoms with Gasteiger partial charge in [-0.25, -0.2) is 14.4 Å². The molecule has 0 unspecified atom stereocenters. The number of H-pyrrole nitrogens is 1. The molecule has 1 aliphatic heterocycles. The van der Waals surface area contributed by atoms with Crippen LogP contribution in [0.25, 0.3) is 11.0 Å². The largest absolute Gasteiger partial charge is 0.383 e. The lowest BCUT2D eigenvalue weighted by atomic mass is 9.88. The van der Waals surface area contributed by atoms with Crippen LogP contribution < -0.4 is 11.1 Å². The smallest absolute Gasteiger partial charge is 0.161 e. The van der Waals surface area contributed by atoms with Crippen molar-refractivity contribution < 1.29 is 4.39 Å². The molecular formula is C24H33ClFIN6. The highest BCUT2D eigenvalue weighted by Crippen LogP contribution is 2.27. The number of fused-ring (bicyclic) bond motifs is 1. The third-order valence-corrected chi connectivity index (χ3v) is 7.66. The fraction of sp³-hybridized carbons (Fsp3) is 0.583. The van der Waals surface area contributed by atoms with Gasteiger partial charge in [-0.05, 0) is 50.1 Å². The number of halogens is 3. The maximum Gasteiger partial charge on any atom is 0.161 e. The number of hydrogen-bond donors (Lipinski definition) is 3. The molecule has 4 rings (SSSR count). The zero-order chi connectivity index (χ0) is 23.2. The number of allylic oxidation sites excluding steroid dienone is 1. The van der Waals surface area contributed by atoms with Gasteiger partial charge >= 0.3 is 0 Å². The zero-order valence-corrected chi connectivity index (χ0v) is 21.8. The number of aromatic nitrogens is 2. The summed E-state index contributed by atoms with van der Waals surface area (Å²) in [7, 11) is 0. The molecule has 2 aromatic heterocycles. The van der Waals surface area contributed by atoms with E-state index in [1.54, 1.807) is 18.5 Å². The first-order valence-electron chi connectivity index (χ1n) is 11.9. The molecule has 1 saturated heterocycles.